The fraction of sp³-hybridized carbons (Fsp3) is 0.235. The van der Waals surface area contributed by atoms with E-state index < -0.39 is 5.97 Å². The van der Waals surface area contributed by atoms with E-state index in [1.807, 2.05) is 6.92 Å². The molecule has 0 atom stereocenters. The van der Waals surface area contributed by atoms with Crippen LogP contribution < -0.4 is 10.6 Å². The van der Waals surface area contributed by atoms with Crippen molar-refractivity contribution in [1.82, 2.24) is 10.3 Å². The number of halogens is 1. The number of hydrogen-bond donors (Lipinski definition) is 2. The second-order valence-electron chi connectivity index (χ2n) is 5.00. The number of rotatable bonds is 6. The van der Waals surface area contributed by atoms with E-state index in [2.05, 4.69) is 15.6 Å². The molecule has 0 aliphatic carbocycles. The number of carbonyl (C=O) groups excluding carboxylic acids is 2. The molecule has 1 aromatic heterocycles. The largest absolute Gasteiger partial charge is 0.465 e. The zero-order chi connectivity index (χ0) is 17.5. The predicted octanol–water partition coefficient (Wildman–Crippen LogP) is 3.41. The number of nitrogens with one attached hydrogen (secondary N) is 2. The third-order valence-corrected chi connectivity index (χ3v) is 3.52. The van der Waals surface area contributed by atoms with E-state index >= 15 is 0 Å². The van der Waals surface area contributed by atoms with E-state index in [0.717, 1.165) is 6.42 Å². The highest BCUT2D eigenvalue weighted by atomic mass is 35.5. The smallest absolute Gasteiger partial charge is 0.337 e. The van der Waals surface area contributed by atoms with Gasteiger partial charge in [-0.2, -0.15) is 0 Å². The van der Waals surface area contributed by atoms with Gasteiger partial charge in [0.15, 0.2) is 0 Å². The Labute approximate surface area is 145 Å². The van der Waals surface area contributed by atoms with Crippen LogP contribution in [0.4, 0.5) is 11.4 Å². The van der Waals surface area contributed by atoms with E-state index in [0.29, 0.717) is 34.2 Å². The average molecular weight is 348 g/mol. The monoisotopic (exact) mass is 347 g/mol. The molecule has 0 spiro atoms. The highest BCUT2D eigenvalue weighted by Gasteiger charge is 2.11. The number of benzene rings is 1. The first-order valence-electron chi connectivity index (χ1n) is 7.44. The molecule has 0 bridgehead atoms. The second-order valence-corrected chi connectivity index (χ2v) is 5.40. The van der Waals surface area contributed by atoms with Crippen LogP contribution in [0.1, 0.15) is 34.2 Å². The van der Waals surface area contributed by atoms with Gasteiger partial charge >= 0.3 is 5.97 Å². The maximum absolute atomic E-state index is 12.0. The number of pyridine rings is 1. The van der Waals surface area contributed by atoms with Crippen molar-refractivity contribution in [2.75, 3.05) is 19.0 Å². The molecule has 1 heterocycles. The summed E-state index contributed by atoms with van der Waals surface area (Å²) in [7, 11) is 1.31. The molecular formula is C17H18ClN3O3. The van der Waals surface area contributed by atoms with Crippen molar-refractivity contribution >= 4 is 34.9 Å². The summed E-state index contributed by atoms with van der Waals surface area (Å²) in [5.41, 5.74) is 1.84. The third kappa shape index (κ3) is 4.45. The van der Waals surface area contributed by atoms with E-state index in [4.69, 9.17) is 16.3 Å². The van der Waals surface area contributed by atoms with Crippen molar-refractivity contribution in [3.63, 3.8) is 0 Å². The molecule has 2 N–H and O–H groups in total. The highest BCUT2D eigenvalue weighted by molar-refractivity contribution is 6.33. The Morgan fingerprint density at radius 3 is 2.75 bits per heavy atom. The van der Waals surface area contributed by atoms with Crippen LogP contribution in [-0.2, 0) is 4.74 Å². The van der Waals surface area contributed by atoms with Crippen molar-refractivity contribution in [1.29, 1.82) is 0 Å². The van der Waals surface area contributed by atoms with Gasteiger partial charge in [-0.05, 0) is 36.8 Å². The molecule has 1 amide bonds. The molecule has 0 aliphatic heterocycles. The number of ether oxygens (including phenoxy) is 1. The van der Waals surface area contributed by atoms with E-state index in [1.54, 1.807) is 30.3 Å². The zero-order valence-electron chi connectivity index (χ0n) is 13.4. The Bertz CT molecular complexity index is 750. The molecule has 0 radical (unpaired) electrons. The molecule has 1 aromatic carbocycles. The van der Waals surface area contributed by atoms with Crippen molar-refractivity contribution in [3.05, 3.63) is 52.8 Å². The minimum atomic E-state index is -0.455. The molecule has 2 aromatic rings. The second kappa shape index (κ2) is 8.31. The molecule has 0 unspecified atom stereocenters. The van der Waals surface area contributed by atoms with Crippen molar-refractivity contribution in [3.8, 4) is 0 Å². The quantitative estimate of drug-likeness (QED) is 0.783. The first kappa shape index (κ1) is 17.7. The molecular weight excluding hydrogens is 330 g/mol. The van der Waals surface area contributed by atoms with Gasteiger partial charge in [0.1, 0.15) is 5.69 Å². The molecule has 126 valence electrons. The maximum Gasteiger partial charge on any atom is 0.337 e. The lowest BCUT2D eigenvalue weighted by Gasteiger charge is -2.11. The fourth-order valence-corrected chi connectivity index (χ4v) is 2.15. The first-order chi connectivity index (χ1) is 11.5. The van der Waals surface area contributed by atoms with Crippen LogP contribution in [0.3, 0.4) is 0 Å². The van der Waals surface area contributed by atoms with Gasteiger partial charge < -0.3 is 15.4 Å². The molecule has 24 heavy (non-hydrogen) atoms. The SMILES string of the molecule is CCCNC(=O)c1cc(Nc2cc(C(=O)OC)ccc2Cl)ccn1. The average Bonchev–Trinajstić information content (AvgIpc) is 2.61. The van der Waals surface area contributed by atoms with Crippen molar-refractivity contribution < 1.29 is 14.3 Å². The Morgan fingerprint density at radius 1 is 1.25 bits per heavy atom. The number of carbonyl (C=O) groups is 2. The number of nitrogens with zero attached hydrogens (tertiary/aromatic N) is 1. The first-order valence-corrected chi connectivity index (χ1v) is 7.82. The molecule has 6 nitrogen and oxygen atoms in total. The summed E-state index contributed by atoms with van der Waals surface area (Å²) in [6.07, 6.45) is 2.38. The van der Waals surface area contributed by atoms with Crippen LogP contribution in [-0.4, -0.2) is 30.5 Å². The lowest BCUT2D eigenvalue weighted by atomic mass is 10.2. The Hall–Kier alpha value is -2.60. The van der Waals surface area contributed by atoms with Gasteiger partial charge in [0.2, 0.25) is 0 Å². The summed E-state index contributed by atoms with van der Waals surface area (Å²) in [6, 6.07) is 8.09. The molecule has 7 heteroatoms. The van der Waals surface area contributed by atoms with Crippen LogP contribution in [0.5, 0.6) is 0 Å². The maximum atomic E-state index is 12.0. The van der Waals surface area contributed by atoms with Crippen molar-refractivity contribution in [2.45, 2.75) is 13.3 Å². The Morgan fingerprint density at radius 2 is 2.04 bits per heavy atom. The molecule has 0 saturated heterocycles. The number of methoxy groups -OCH3 is 1. The highest BCUT2D eigenvalue weighted by Crippen LogP contribution is 2.27. The van der Waals surface area contributed by atoms with Crippen LogP contribution >= 0.6 is 11.6 Å². The lowest BCUT2D eigenvalue weighted by molar-refractivity contribution is 0.0600. The molecule has 0 saturated carbocycles. The summed E-state index contributed by atoms with van der Waals surface area (Å²) in [5.74, 6) is -0.695. The van der Waals surface area contributed by atoms with Gasteiger partial charge in [-0.3, -0.25) is 9.78 Å². The summed E-state index contributed by atoms with van der Waals surface area (Å²) in [4.78, 5) is 27.6. The molecule has 2 rings (SSSR count). The van der Waals surface area contributed by atoms with E-state index in [-0.39, 0.29) is 5.91 Å². The van der Waals surface area contributed by atoms with Gasteiger partial charge in [-0.15, -0.1) is 0 Å². The third-order valence-electron chi connectivity index (χ3n) is 3.19. The number of hydrogen-bond acceptors (Lipinski definition) is 5. The number of amides is 1. The van der Waals surface area contributed by atoms with Crippen LogP contribution in [0.25, 0.3) is 0 Å². The summed E-state index contributed by atoms with van der Waals surface area (Å²) in [6.45, 7) is 2.56. The minimum absolute atomic E-state index is 0.241. The zero-order valence-corrected chi connectivity index (χ0v) is 14.2. The van der Waals surface area contributed by atoms with Gasteiger partial charge in [0.25, 0.3) is 5.91 Å². The van der Waals surface area contributed by atoms with Gasteiger partial charge in [0.05, 0.1) is 23.4 Å². The normalized spacial score (nSPS) is 10.1. The predicted molar refractivity (Wildman–Crippen MR) is 92.9 cm³/mol. The summed E-state index contributed by atoms with van der Waals surface area (Å²) < 4.78 is 4.70. The summed E-state index contributed by atoms with van der Waals surface area (Å²) in [5, 5.41) is 6.29. The van der Waals surface area contributed by atoms with Gasteiger partial charge in [-0.25, -0.2) is 4.79 Å². The van der Waals surface area contributed by atoms with Crippen molar-refractivity contribution in [2.24, 2.45) is 0 Å². The number of aromatic nitrogens is 1. The fourth-order valence-electron chi connectivity index (χ4n) is 1.98. The number of anilines is 2. The Kier molecular flexibility index (Phi) is 6.14. The summed E-state index contributed by atoms with van der Waals surface area (Å²) >= 11 is 6.16. The Balaban J connectivity index is 2.22. The standard InChI is InChI=1S/C17H18ClN3O3/c1-3-7-20-16(22)15-10-12(6-8-19-15)21-14-9-11(17(23)24-2)4-5-13(14)18/h4-6,8-10H,3,7H2,1-2H3,(H,19,21)(H,20,22). The van der Waals surface area contributed by atoms with E-state index in [9.17, 15) is 9.59 Å². The molecule has 0 aliphatic rings. The van der Waals surface area contributed by atoms with Crippen LogP contribution in [0.2, 0.25) is 5.02 Å². The van der Waals surface area contributed by atoms with E-state index in [1.165, 1.54) is 13.3 Å². The minimum Gasteiger partial charge on any atom is -0.465 e. The van der Waals surface area contributed by atoms with Crippen LogP contribution in [0, 0.1) is 0 Å². The lowest BCUT2D eigenvalue weighted by Crippen LogP contribution is -2.24. The number of esters is 1. The van der Waals surface area contributed by atoms with Crippen LogP contribution in [0.15, 0.2) is 36.5 Å². The van der Waals surface area contributed by atoms with Gasteiger partial charge in [0, 0.05) is 18.4 Å². The molecule has 0 fully saturated rings. The van der Waals surface area contributed by atoms with Gasteiger partial charge in [-0.1, -0.05) is 18.5 Å². The topological polar surface area (TPSA) is 80.3 Å².